The number of carboxylic acids is 1. The Hall–Kier alpha value is -1.10. The molecule has 13 heavy (non-hydrogen) atoms. The van der Waals surface area contributed by atoms with Crippen LogP contribution in [0.5, 0.6) is 0 Å². The van der Waals surface area contributed by atoms with Crippen LogP contribution in [-0.4, -0.2) is 59.0 Å². The lowest BCUT2D eigenvalue weighted by Crippen LogP contribution is -2.70. The minimum absolute atomic E-state index is 0.0348. The van der Waals surface area contributed by atoms with Gasteiger partial charge in [-0.25, -0.2) is 0 Å². The average Bonchev–Trinajstić information content (AvgIpc) is 2.06. The highest BCUT2D eigenvalue weighted by atomic mass is 16.4. The minimum atomic E-state index is -0.933. The van der Waals surface area contributed by atoms with Crippen LogP contribution in [0.2, 0.25) is 0 Å². The van der Waals surface area contributed by atoms with E-state index in [1.807, 2.05) is 11.9 Å². The Kier molecular flexibility index (Phi) is 1.76. The van der Waals surface area contributed by atoms with E-state index in [1.165, 1.54) is 4.90 Å². The van der Waals surface area contributed by atoms with Crippen molar-refractivity contribution in [1.82, 2.24) is 9.80 Å². The maximum Gasteiger partial charge on any atom is 0.323 e. The standard InChI is InChI=1S/C8H12N2O3/c1-9-5-2-6(9)8(13)10(3-5)4-7(11)12/h5-6H,2-4H2,1H3,(H,11,12). The van der Waals surface area contributed by atoms with Crippen LogP contribution in [0.4, 0.5) is 0 Å². The van der Waals surface area contributed by atoms with Gasteiger partial charge in [0.05, 0.1) is 6.04 Å². The molecule has 0 aromatic heterocycles. The van der Waals surface area contributed by atoms with Crippen molar-refractivity contribution in [2.45, 2.75) is 18.5 Å². The molecule has 5 heteroatoms. The summed E-state index contributed by atoms with van der Waals surface area (Å²) < 4.78 is 0. The van der Waals surface area contributed by atoms with E-state index < -0.39 is 5.97 Å². The molecule has 3 aliphatic rings. The Balaban J connectivity index is 2.02. The summed E-state index contributed by atoms with van der Waals surface area (Å²) in [7, 11) is 1.91. The zero-order valence-corrected chi connectivity index (χ0v) is 7.43. The Morgan fingerprint density at radius 1 is 1.69 bits per heavy atom. The Bertz CT molecular complexity index is 266. The van der Waals surface area contributed by atoms with E-state index >= 15 is 0 Å². The smallest absolute Gasteiger partial charge is 0.323 e. The van der Waals surface area contributed by atoms with E-state index in [4.69, 9.17) is 5.11 Å². The summed E-state index contributed by atoms with van der Waals surface area (Å²) in [6.45, 7) is 0.414. The SMILES string of the molecule is CN1C2CC1C(=O)N(CC(=O)O)C2. The van der Waals surface area contributed by atoms with E-state index in [9.17, 15) is 9.59 Å². The van der Waals surface area contributed by atoms with Crippen LogP contribution >= 0.6 is 0 Å². The first-order valence-corrected chi connectivity index (χ1v) is 4.32. The Morgan fingerprint density at radius 2 is 2.38 bits per heavy atom. The number of carbonyl (C=O) groups is 2. The van der Waals surface area contributed by atoms with Crippen molar-refractivity contribution >= 4 is 11.9 Å². The third-order valence-corrected chi connectivity index (χ3v) is 2.92. The van der Waals surface area contributed by atoms with Crippen molar-refractivity contribution < 1.29 is 14.7 Å². The van der Waals surface area contributed by atoms with E-state index in [1.54, 1.807) is 0 Å². The summed E-state index contributed by atoms with van der Waals surface area (Å²) in [6, 6.07) is 0.320. The fourth-order valence-corrected chi connectivity index (χ4v) is 2.05. The van der Waals surface area contributed by atoms with Crippen molar-refractivity contribution in [3.63, 3.8) is 0 Å². The fourth-order valence-electron chi connectivity index (χ4n) is 2.05. The van der Waals surface area contributed by atoms with Gasteiger partial charge in [0.15, 0.2) is 0 Å². The summed E-state index contributed by atoms with van der Waals surface area (Å²) in [6.07, 6.45) is 0.894. The van der Waals surface area contributed by atoms with Crippen molar-refractivity contribution in [3.05, 3.63) is 0 Å². The number of aliphatic carboxylic acids is 1. The first-order valence-electron chi connectivity index (χ1n) is 4.32. The molecule has 5 nitrogen and oxygen atoms in total. The largest absolute Gasteiger partial charge is 0.480 e. The predicted octanol–water partition coefficient (Wildman–Crippen LogP) is -1.01. The van der Waals surface area contributed by atoms with Crippen molar-refractivity contribution in [1.29, 1.82) is 0 Å². The molecule has 0 radical (unpaired) electrons. The molecule has 2 unspecified atom stereocenters. The minimum Gasteiger partial charge on any atom is -0.480 e. The molecule has 0 saturated carbocycles. The zero-order chi connectivity index (χ0) is 9.59. The molecule has 0 aromatic rings. The summed E-state index contributed by atoms with van der Waals surface area (Å²) in [5.41, 5.74) is 0. The first-order chi connectivity index (χ1) is 6.09. The highest BCUT2D eigenvalue weighted by Crippen LogP contribution is 2.30. The van der Waals surface area contributed by atoms with Crippen LogP contribution in [0.25, 0.3) is 0 Å². The summed E-state index contributed by atoms with van der Waals surface area (Å²) >= 11 is 0. The quantitative estimate of drug-likeness (QED) is 0.597. The van der Waals surface area contributed by atoms with Gasteiger partial charge < -0.3 is 10.0 Å². The number of fused-ring (bicyclic) bond motifs is 2. The van der Waals surface area contributed by atoms with Crippen molar-refractivity contribution in [2.75, 3.05) is 20.1 Å². The number of carboxylic acid groups (broad SMARTS) is 1. The van der Waals surface area contributed by atoms with Crippen molar-refractivity contribution in [2.24, 2.45) is 0 Å². The van der Waals surface area contributed by atoms with Gasteiger partial charge in [0.25, 0.3) is 0 Å². The normalized spacial score (nSPS) is 33.0. The molecule has 0 aromatic carbocycles. The second kappa shape index (κ2) is 2.70. The lowest BCUT2D eigenvalue weighted by atomic mass is 9.88. The topological polar surface area (TPSA) is 60.9 Å². The van der Waals surface area contributed by atoms with Crippen LogP contribution in [0.15, 0.2) is 0 Å². The second-order valence-corrected chi connectivity index (χ2v) is 3.68. The molecule has 3 fully saturated rings. The number of hydrogen-bond acceptors (Lipinski definition) is 3. The van der Waals surface area contributed by atoms with Gasteiger partial charge in [-0.3, -0.25) is 14.5 Å². The molecule has 0 spiro atoms. The van der Waals surface area contributed by atoms with E-state index in [0.717, 1.165) is 6.42 Å². The number of hydrogen-bond donors (Lipinski definition) is 1. The Labute approximate surface area is 75.9 Å². The maximum atomic E-state index is 11.5. The number of piperidine rings is 1. The lowest BCUT2D eigenvalue weighted by Gasteiger charge is -2.53. The highest BCUT2D eigenvalue weighted by molar-refractivity contribution is 5.87. The zero-order valence-electron chi connectivity index (χ0n) is 7.43. The molecular formula is C8H12N2O3. The van der Waals surface area contributed by atoms with E-state index in [0.29, 0.717) is 12.6 Å². The van der Waals surface area contributed by atoms with Crippen LogP contribution in [0.3, 0.4) is 0 Å². The molecule has 3 aliphatic heterocycles. The number of amides is 1. The van der Waals surface area contributed by atoms with Gasteiger partial charge in [-0.1, -0.05) is 0 Å². The van der Waals surface area contributed by atoms with Gasteiger partial charge in [-0.05, 0) is 13.5 Å². The van der Waals surface area contributed by atoms with Gasteiger partial charge >= 0.3 is 5.97 Å². The number of rotatable bonds is 2. The number of carbonyl (C=O) groups excluding carboxylic acids is 1. The lowest BCUT2D eigenvalue weighted by molar-refractivity contribution is -0.162. The summed E-state index contributed by atoms with van der Waals surface area (Å²) in [5.74, 6) is -0.968. The molecule has 3 saturated heterocycles. The number of nitrogens with zero attached hydrogens (tertiary/aromatic N) is 2. The molecule has 3 rings (SSSR count). The van der Waals surface area contributed by atoms with Gasteiger partial charge in [0.2, 0.25) is 5.91 Å². The monoisotopic (exact) mass is 184 g/mol. The van der Waals surface area contributed by atoms with Crippen LogP contribution < -0.4 is 0 Å². The van der Waals surface area contributed by atoms with Gasteiger partial charge in [0, 0.05) is 12.6 Å². The second-order valence-electron chi connectivity index (χ2n) is 3.68. The maximum absolute atomic E-state index is 11.5. The van der Waals surface area contributed by atoms with Gasteiger partial charge in [-0.15, -0.1) is 0 Å². The van der Waals surface area contributed by atoms with Gasteiger partial charge in [0.1, 0.15) is 6.54 Å². The molecule has 2 bridgehead atoms. The van der Waals surface area contributed by atoms with Crippen LogP contribution in [0, 0.1) is 0 Å². The van der Waals surface area contributed by atoms with Crippen LogP contribution in [-0.2, 0) is 9.59 Å². The predicted molar refractivity (Wildman–Crippen MR) is 44.2 cm³/mol. The van der Waals surface area contributed by atoms with Crippen LogP contribution in [0.1, 0.15) is 6.42 Å². The average molecular weight is 184 g/mol. The molecule has 2 atom stereocenters. The summed E-state index contributed by atoms with van der Waals surface area (Å²) in [4.78, 5) is 25.4. The Morgan fingerprint density at radius 3 is 2.85 bits per heavy atom. The molecule has 72 valence electrons. The number of piperazine rings is 1. The van der Waals surface area contributed by atoms with Gasteiger partial charge in [-0.2, -0.15) is 0 Å². The molecule has 1 N–H and O–H groups in total. The first kappa shape index (κ1) is 8.50. The molecule has 1 amide bonds. The fraction of sp³-hybridized carbons (Fsp3) is 0.750. The summed E-state index contributed by atoms with van der Waals surface area (Å²) in [5, 5.41) is 8.54. The molecule has 0 aliphatic carbocycles. The van der Waals surface area contributed by atoms with E-state index in [-0.39, 0.29) is 18.5 Å². The number of likely N-dealkylation sites (N-methyl/N-ethyl adjacent to an activating group) is 1. The highest BCUT2D eigenvalue weighted by Gasteiger charge is 2.48. The van der Waals surface area contributed by atoms with Crippen molar-refractivity contribution in [3.8, 4) is 0 Å². The van der Waals surface area contributed by atoms with E-state index in [2.05, 4.69) is 0 Å². The molecular weight excluding hydrogens is 172 g/mol. The third kappa shape index (κ3) is 1.19. The third-order valence-electron chi connectivity index (χ3n) is 2.92. The molecule has 3 heterocycles.